The molecule has 0 aromatic heterocycles. The highest BCUT2D eigenvalue weighted by atomic mass is 16.2. The first kappa shape index (κ1) is 14.0. The minimum atomic E-state index is -0.453. The third-order valence-corrected chi connectivity index (χ3v) is 3.17. The van der Waals surface area contributed by atoms with Gasteiger partial charge in [0.05, 0.1) is 12.6 Å². The number of carbonyl (C=O) groups excluding carboxylic acids is 2. The zero-order valence-electron chi connectivity index (χ0n) is 10.8. The summed E-state index contributed by atoms with van der Waals surface area (Å²) in [5.41, 5.74) is 5.85. The van der Waals surface area contributed by atoms with Crippen molar-refractivity contribution in [3.63, 3.8) is 0 Å². The van der Waals surface area contributed by atoms with E-state index >= 15 is 0 Å². The summed E-state index contributed by atoms with van der Waals surface area (Å²) in [5.74, 6) is -0.0827. The molecule has 5 heteroatoms. The van der Waals surface area contributed by atoms with Crippen molar-refractivity contribution < 1.29 is 9.59 Å². The summed E-state index contributed by atoms with van der Waals surface area (Å²) in [5, 5.41) is 0. The van der Waals surface area contributed by atoms with Gasteiger partial charge in [0.1, 0.15) is 0 Å². The fraction of sp³-hybridized carbons (Fsp3) is 0.833. The molecule has 98 valence electrons. The van der Waals surface area contributed by atoms with E-state index in [-0.39, 0.29) is 18.4 Å². The molecule has 0 spiro atoms. The maximum atomic E-state index is 12.0. The zero-order chi connectivity index (χ0) is 12.8. The van der Waals surface area contributed by atoms with Crippen LogP contribution in [0.15, 0.2) is 0 Å². The van der Waals surface area contributed by atoms with Crippen LogP contribution < -0.4 is 5.73 Å². The maximum Gasteiger partial charge on any atom is 0.241 e. The van der Waals surface area contributed by atoms with Crippen LogP contribution in [0.5, 0.6) is 0 Å². The fourth-order valence-electron chi connectivity index (χ4n) is 1.96. The lowest BCUT2D eigenvalue weighted by atomic mass is 10.1. The second-order valence-corrected chi connectivity index (χ2v) is 4.68. The van der Waals surface area contributed by atoms with Gasteiger partial charge in [-0.3, -0.25) is 9.59 Å². The lowest BCUT2D eigenvalue weighted by molar-refractivity contribution is -0.139. The van der Waals surface area contributed by atoms with Gasteiger partial charge in [-0.15, -0.1) is 0 Å². The molecule has 0 radical (unpaired) electrons. The quantitative estimate of drug-likeness (QED) is 0.764. The predicted octanol–water partition coefficient (Wildman–Crippen LogP) is 0.195. The molecule has 17 heavy (non-hydrogen) atoms. The van der Waals surface area contributed by atoms with Gasteiger partial charge in [-0.05, 0) is 12.8 Å². The van der Waals surface area contributed by atoms with Gasteiger partial charge >= 0.3 is 0 Å². The van der Waals surface area contributed by atoms with Crippen LogP contribution in [0.1, 0.15) is 32.6 Å². The monoisotopic (exact) mass is 241 g/mol. The van der Waals surface area contributed by atoms with Crippen LogP contribution in [0.2, 0.25) is 0 Å². The molecule has 0 aromatic rings. The molecule has 0 aliphatic carbocycles. The Morgan fingerprint density at radius 2 is 2.18 bits per heavy atom. The Morgan fingerprint density at radius 1 is 1.47 bits per heavy atom. The van der Waals surface area contributed by atoms with Crippen LogP contribution in [-0.2, 0) is 9.59 Å². The van der Waals surface area contributed by atoms with Gasteiger partial charge in [0.15, 0.2) is 0 Å². The van der Waals surface area contributed by atoms with E-state index in [1.807, 2.05) is 0 Å². The highest BCUT2D eigenvalue weighted by molar-refractivity contribution is 5.87. The summed E-state index contributed by atoms with van der Waals surface area (Å²) in [6, 6.07) is -0.453. The number of hydrogen-bond donors (Lipinski definition) is 1. The molecule has 1 rings (SSSR count). The average molecular weight is 241 g/mol. The molecule has 0 unspecified atom stereocenters. The molecule has 0 bridgehead atoms. The van der Waals surface area contributed by atoms with Gasteiger partial charge in [0, 0.05) is 20.1 Å². The number of likely N-dealkylation sites (N-methyl/N-ethyl adjacent to an activating group) is 1. The van der Waals surface area contributed by atoms with Crippen LogP contribution in [0.4, 0.5) is 0 Å². The lowest BCUT2D eigenvalue weighted by Gasteiger charge is -2.23. The normalized spacial score (nSPS) is 19.1. The second-order valence-electron chi connectivity index (χ2n) is 4.68. The number of nitrogens with zero attached hydrogens (tertiary/aromatic N) is 2. The number of unbranched alkanes of at least 4 members (excludes halogenated alkanes) is 1. The molecule has 1 fully saturated rings. The zero-order valence-corrected chi connectivity index (χ0v) is 10.8. The first-order valence-electron chi connectivity index (χ1n) is 6.34. The van der Waals surface area contributed by atoms with Gasteiger partial charge < -0.3 is 15.5 Å². The van der Waals surface area contributed by atoms with E-state index in [4.69, 9.17) is 5.73 Å². The standard InChI is InChI=1S/C12H23N3O2/c1-3-4-6-10(13)12(17)15-8-5-7-14(2)11(16)9-15/h10H,3-9,13H2,1-2H3/t10-/m0/s1. The van der Waals surface area contributed by atoms with E-state index in [0.29, 0.717) is 19.5 Å². The minimum absolute atomic E-state index is 0.00135. The third-order valence-electron chi connectivity index (χ3n) is 3.17. The van der Waals surface area contributed by atoms with Crippen molar-refractivity contribution in [3.05, 3.63) is 0 Å². The smallest absolute Gasteiger partial charge is 0.241 e. The first-order valence-corrected chi connectivity index (χ1v) is 6.34. The van der Waals surface area contributed by atoms with E-state index < -0.39 is 6.04 Å². The predicted molar refractivity (Wildman–Crippen MR) is 66.3 cm³/mol. The highest BCUT2D eigenvalue weighted by Crippen LogP contribution is 2.07. The van der Waals surface area contributed by atoms with E-state index in [1.54, 1.807) is 16.8 Å². The molecule has 5 nitrogen and oxygen atoms in total. The Bertz CT molecular complexity index is 281. The SMILES string of the molecule is CCCC[C@H](N)C(=O)N1CCCN(C)C(=O)C1. The van der Waals surface area contributed by atoms with Crippen molar-refractivity contribution in [3.8, 4) is 0 Å². The first-order chi connectivity index (χ1) is 8.06. The van der Waals surface area contributed by atoms with Crippen LogP contribution in [-0.4, -0.2) is 54.3 Å². The second kappa shape index (κ2) is 6.59. The molecule has 0 saturated carbocycles. The Labute approximate surface area is 103 Å². The summed E-state index contributed by atoms with van der Waals surface area (Å²) < 4.78 is 0. The number of amides is 2. The summed E-state index contributed by atoms with van der Waals surface area (Å²) in [6.45, 7) is 3.60. The Hall–Kier alpha value is -1.10. The average Bonchev–Trinajstić information content (AvgIpc) is 2.48. The van der Waals surface area contributed by atoms with E-state index in [2.05, 4.69) is 6.92 Å². The van der Waals surface area contributed by atoms with Crippen LogP contribution in [0.3, 0.4) is 0 Å². The number of carbonyl (C=O) groups is 2. The van der Waals surface area contributed by atoms with E-state index in [1.165, 1.54) is 0 Å². The van der Waals surface area contributed by atoms with Crippen LogP contribution >= 0.6 is 0 Å². The van der Waals surface area contributed by atoms with Gasteiger partial charge in [-0.25, -0.2) is 0 Å². The molecule has 0 aromatic carbocycles. The fourth-order valence-corrected chi connectivity index (χ4v) is 1.96. The Balaban J connectivity index is 2.53. The lowest BCUT2D eigenvalue weighted by Crippen LogP contribution is -2.46. The summed E-state index contributed by atoms with van der Waals surface area (Å²) in [4.78, 5) is 27.0. The van der Waals surface area contributed by atoms with Crippen molar-refractivity contribution in [2.45, 2.75) is 38.6 Å². The topological polar surface area (TPSA) is 66.6 Å². The Morgan fingerprint density at radius 3 is 2.82 bits per heavy atom. The van der Waals surface area contributed by atoms with Gasteiger partial charge in [-0.1, -0.05) is 19.8 Å². The molecule has 1 heterocycles. The Kier molecular flexibility index (Phi) is 5.41. The summed E-state index contributed by atoms with van der Waals surface area (Å²) in [6.07, 6.45) is 3.52. The van der Waals surface area contributed by atoms with E-state index in [0.717, 1.165) is 19.3 Å². The maximum absolute atomic E-state index is 12.0. The molecule has 1 aliphatic heterocycles. The molecular formula is C12H23N3O2. The number of hydrogen-bond acceptors (Lipinski definition) is 3. The van der Waals surface area contributed by atoms with Crippen LogP contribution in [0, 0.1) is 0 Å². The van der Waals surface area contributed by atoms with Crippen molar-refractivity contribution >= 4 is 11.8 Å². The number of nitrogens with two attached hydrogens (primary N) is 1. The van der Waals surface area contributed by atoms with E-state index in [9.17, 15) is 9.59 Å². The van der Waals surface area contributed by atoms with Crippen molar-refractivity contribution in [1.29, 1.82) is 0 Å². The van der Waals surface area contributed by atoms with Crippen molar-refractivity contribution in [1.82, 2.24) is 9.80 Å². The molecular weight excluding hydrogens is 218 g/mol. The van der Waals surface area contributed by atoms with Crippen LogP contribution in [0.25, 0.3) is 0 Å². The highest BCUT2D eigenvalue weighted by Gasteiger charge is 2.25. The largest absolute Gasteiger partial charge is 0.344 e. The minimum Gasteiger partial charge on any atom is -0.344 e. The van der Waals surface area contributed by atoms with Gasteiger partial charge in [0.25, 0.3) is 0 Å². The van der Waals surface area contributed by atoms with Crippen molar-refractivity contribution in [2.75, 3.05) is 26.7 Å². The van der Waals surface area contributed by atoms with Gasteiger partial charge in [0.2, 0.25) is 11.8 Å². The summed E-state index contributed by atoms with van der Waals surface area (Å²) in [7, 11) is 1.77. The molecule has 1 aliphatic rings. The molecule has 2 N–H and O–H groups in total. The molecule has 1 atom stereocenters. The molecule has 2 amide bonds. The number of rotatable bonds is 4. The van der Waals surface area contributed by atoms with Gasteiger partial charge in [-0.2, -0.15) is 0 Å². The summed E-state index contributed by atoms with van der Waals surface area (Å²) >= 11 is 0. The molecule has 1 saturated heterocycles. The van der Waals surface area contributed by atoms with Crippen molar-refractivity contribution in [2.24, 2.45) is 5.73 Å². The third kappa shape index (κ3) is 4.00.